The van der Waals surface area contributed by atoms with Crippen molar-refractivity contribution < 1.29 is 9.32 Å². The number of hydrogen-bond donors (Lipinski definition) is 0. The minimum absolute atomic E-state index is 0.120. The fraction of sp³-hybridized carbons (Fsp3) is 0.812. The van der Waals surface area contributed by atoms with E-state index >= 15 is 0 Å². The molecule has 1 aromatic rings. The molecule has 0 saturated carbocycles. The van der Waals surface area contributed by atoms with Gasteiger partial charge >= 0.3 is 0 Å². The Hall–Kier alpha value is -1.43. The Morgan fingerprint density at radius 2 is 2.05 bits per heavy atom. The van der Waals surface area contributed by atoms with Gasteiger partial charge in [0.1, 0.15) is 0 Å². The number of aryl methyl sites for hydroxylation is 1. The molecule has 122 valence electrons. The molecule has 22 heavy (non-hydrogen) atoms. The molecule has 6 heteroatoms. The first kappa shape index (κ1) is 15.5. The van der Waals surface area contributed by atoms with Crippen LogP contribution in [-0.4, -0.2) is 51.0 Å². The standard InChI is InChI=1S/C16H26N4O2/c1-4-15-17-16(22-18-15)11(2)19-9-5-7-13(19)14-8-6-10-20(14)12(3)21/h11,13-14H,4-10H2,1-3H3/t11-,13+,14+/m0/s1. The molecule has 0 spiro atoms. The summed E-state index contributed by atoms with van der Waals surface area (Å²) in [5.74, 6) is 1.67. The number of carbonyl (C=O) groups is 1. The van der Waals surface area contributed by atoms with E-state index in [2.05, 4.69) is 26.9 Å². The summed E-state index contributed by atoms with van der Waals surface area (Å²) in [6.07, 6.45) is 5.33. The molecule has 0 aromatic carbocycles. The first-order valence-electron chi connectivity index (χ1n) is 8.47. The summed E-state index contributed by atoms with van der Waals surface area (Å²) in [5, 5.41) is 4.02. The van der Waals surface area contributed by atoms with Gasteiger partial charge in [0.25, 0.3) is 0 Å². The fourth-order valence-corrected chi connectivity index (χ4v) is 4.02. The summed E-state index contributed by atoms with van der Waals surface area (Å²) in [6.45, 7) is 7.79. The van der Waals surface area contributed by atoms with Gasteiger partial charge in [-0.15, -0.1) is 0 Å². The van der Waals surface area contributed by atoms with Crippen LogP contribution >= 0.6 is 0 Å². The molecule has 2 fully saturated rings. The van der Waals surface area contributed by atoms with E-state index in [1.54, 1.807) is 6.92 Å². The maximum atomic E-state index is 11.9. The van der Waals surface area contributed by atoms with Gasteiger partial charge in [-0.05, 0) is 39.2 Å². The van der Waals surface area contributed by atoms with Gasteiger partial charge in [-0.1, -0.05) is 12.1 Å². The molecular formula is C16H26N4O2. The van der Waals surface area contributed by atoms with Crippen LogP contribution in [0.3, 0.4) is 0 Å². The lowest BCUT2D eigenvalue weighted by atomic mass is 10.0. The number of aromatic nitrogens is 2. The van der Waals surface area contributed by atoms with Crippen molar-refractivity contribution in [2.45, 2.75) is 71.0 Å². The zero-order valence-corrected chi connectivity index (χ0v) is 13.8. The first-order valence-corrected chi connectivity index (χ1v) is 8.47. The smallest absolute Gasteiger partial charge is 0.243 e. The van der Waals surface area contributed by atoms with Crippen molar-refractivity contribution in [3.8, 4) is 0 Å². The van der Waals surface area contributed by atoms with Gasteiger partial charge in [-0.3, -0.25) is 9.69 Å². The van der Waals surface area contributed by atoms with Crippen molar-refractivity contribution >= 4 is 5.91 Å². The normalized spacial score (nSPS) is 27.5. The Balaban J connectivity index is 1.76. The highest BCUT2D eigenvalue weighted by molar-refractivity contribution is 5.74. The minimum atomic E-state index is 0.120. The second kappa shape index (κ2) is 6.36. The molecule has 0 bridgehead atoms. The topological polar surface area (TPSA) is 62.5 Å². The predicted octanol–water partition coefficient (Wildman–Crippen LogP) is 2.17. The lowest BCUT2D eigenvalue weighted by Gasteiger charge is -2.36. The summed E-state index contributed by atoms with van der Waals surface area (Å²) in [5.41, 5.74) is 0. The van der Waals surface area contributed by atoms with Gasteiger partial charge in [0, 0.05) is 32.0 Å². The summed E-state index contributed by atoms with van der Waals surface area (Å²) in [6, 6.07) is 0.879. The van der Waals surface area contributed by atoms with Gasteiger partial charge in [0.2, 0.25) is 11.8 Å². The molecule has 1 aromatic heterocycles. The summed E-state index contributed by atoms with van der Waals surface area (Å²) in [4.78, 5) is 20.9. The Morgan fingerprint density at radius 1 is 1.32 bits per heavy atom. The molecule has 0 N–H and O–H groups in total. The third kappa shape index (κ3) is 2.76. The van der Waals surface area contributed by atoms with Crippen LogP contribution in [0, 0.1) is 0 Å². The average Bonchev–Trinajstić information content (AvgIpc) is 3.23. The fourth-order valence-electron chi connectivity index (χ4n) is 4.02. The van der Waals surface area contributed by atoms with Crippen molar-refractivity contribution in [3.63, 3.8) is 0 Å². The number of nitrogens with zero attached hydrogens (tertiary/aromatic N) is 4. The number of likely N-dealkylation sites (tertiary alicyclic amines) is 2. The molecule has 1 amide bonds. The van der Waals surface area contributed by atoms with Gasteiger partial charge in [0.15, 0.2) is 5.82 Å². The molecule has 0 unspecified atom stereocenters. The summed E-state index contributed by atoms with van der Waals surface area (Å²) in [7, 11) is 0. The molecule has 2 aliphatic heterocycles. The van der Waals surface area contributed by atoms with Gasteiger partial charge < -0.3 is 9.42 Å². The van der Waals surface area contributed by atoms with Gasteiger partial charge in [0.05, 0.1) is 6.04 Å². The molecule has 0 radical (unpaired) electrons. The Kier molecular flexibility index (Phi) is 4.47. The number of amides is 1. The van der Waals surface area contributed by atoms with E-state index in [1.807, 2.05) is 6.92 Å². The largest absolute Gasteiger partial charge is 0.338 e. The molecule has 6 nitrogen and oxygen atoms in total. The van der Waals surface area contributed by atoms with Crippen molar-refractivity contribution in [2.24, 2.45) is 0 Å². The highest BCUT2D eigenvalue weighted by Crippen LogP contribution is 2.35. The predicted molar refractivity (Wildman–Crippen MR) is 82.2 cm³/mol. The van der Waals surface area contributed by atoms with E-state index in [0.717, 1.165) is 44.6 Å². The third-order valence-electron chi connectivity index (χ3n) is 5.14. The van der Waals surface area contributed by atoms with Crippen molar-refractivity contribution in [2.75, 3.05) is 13.1 Å². The second-order valence-electron chi connectivity index (χ2n) is 6.45. The number of hydrogen-bond acceptors (Lipinski definition) is 5. The Labute approximate surface area is 131 Å². The van der Waals surface area contributed by atoms with E-state index in [9.17, 15) is 4.79 Å². The van der Waals surface area contributed by atoms with Crippen LogP contribution in [0.4, 0.5) is 0 Å². The quantitative estimate of drug-likeness (QED) is 0.853. The van der Waals surface area contributed by atoms with E-state index in [0.29, 0.717) is 18.0 Å². The van der Waals surface area contributed by atoms with E-state index in [-0.39, 0.29) is 11.9 Å². The second-order valence-corrected chi connectivity index (χ2v) is 6.45. The minimum Gasteiger partial charge on any atom is -0.338 e. The van der Waals surface area contributed by atoms with E-state index in [1.165, 1.54) is 6.42 Å². The van der Waals surface area contributed by atoms with Gasteiger partial charge in [-0.2, -0.15) is 4.98 Å². The lowest BCUT2D eigenvalue weighted by Crippen LogP contribution is -2.48. The highest BCUT2D eigenvalue weighted by atomic mass is 16.5. The molecule has 2 saturated heterocycles. The molecule has 0 aliphatic carbocycles. The van der Waals surface area contributed by atoms with Gasteiger partial charge in [-0.25, -0.2) is 0 Å². The molecule has 2 aliphatic rings. The summed E-state index contributed by atoms with van der Waals surface area (Å²) < 4.78 is 5.43. The van der Waals surface area contributed by atoms with Crippen molar-refractivity contribution in [1.82, 2.24) is 19.9 Å². The van der Waals surface area contributed by atoms with Crippen molar-refractivity contribution in [1.29, 1.82) is 0 Å². The maximum Gasteiger partial charge on any atom is 0.243 e. The Bertz CT molecular complexity index is 530. The Morgan fingerprint density at radius 3 is 2.73 bits per heavy atom. The van der Waals surface area contributed by atoms with Crippen LogP contribution in [0.5, 0.6) is 0 Å². The SMILES string of the molecule is CCc1noc([C@H](C)N2CCC[C@@H]2[C@H]2CCCN2C(C)=O)n1. The lowest BCUT2D eigenvalue weighted by molar-refractivity contribution is -0.130. The number of carbonyl (C=O) groups excluding carboxylic acids is 1. The molecule has 3 rings (SSSR count). The zero-order chi connectivity index (χ0) is 15.7. The third-order valence-corrected chi connectivity index (χ3v) is 5.14. The highest BCUT2D eigenvalue weighted by Gasteiger charge is 2.41. The van der Waals surface area contributed by atoms with Crippen molar-refractivity contribution in [3.05, 3.63) is 11.7 Å². The van der Waals surface area contributed by atoms with Crippen LogP contribution in [0.2, 0.25) is 0 Å². The van der Waals surface area contributed by atoms with Crippen LogP contribution in [-0.2, 0) is 11.2 Å². The maximum absolute atomic E-state index is 11.9. The summed E-state index contributed by atoms with van der Waals surface area (Å²) >= 11 is 0. The van der Waals surface area contributed by atoms with Crippen LogP contribution in [0.25, 0.3) is 0 Å². The van der Waals surface area contributed by atoms with Crippen LogP contribution in [0.1, 0.15) is 64.2 Å². The number of rotatable bonds is 4. The van der Waals surface area contributed by atoms with Crippen LogP contribution in [0.15, 0.2) is 4.52 Å². The first-order chi connectivity index (χ1) is 10.6. The monoisotopic (exact) mass is 306 g/mol. The van der Waals surface area contributed by atoms with E-state index < -0.39 is 0 Å². The molecular weight excluding hydrogens is 280 g/mol. The molecule has 3 atom stereocenters. The average molecular weight is 306 g/mol. The zero-order valence-electron chi connectivity index (χ0n) is 13.8. The molecule has 3 heterocycles. The van der Waals surface area contributed by atoms with E-state index in [4.69, 9.17) is 4.52 Å². The van der Waals surface area contributed by atoms with Crippen LogP contribution < -0.4 is 0 Å².